The molecule has 0 saturated carbocycles. The Kier molecular flexibility index (Phi) is 76.7. The SMILES string of the molecule is CC/C=C\C/C=C\C/C=C\C/C=C\C/C=C\C/C=C\C/C=C\CCCCCCCCCCCCCCCCCCCCCC(=O)OC(CO)COC(=O)CCCCCCCCCCCCCCCCCCCCCCCCC/C=C\C/C=C\CCCCCCC. The van der Waals surface area contributed by atoms with Crippen LogP contribution in [0, 0.1) is 0 Å². The molecule has 0 radical (unpaired) electrons. The number of ether oxygens (including phenoxy) is 2. The lowest BCUT2D eigenvalue weighted by Gasteiger charge is -2.15. The molecule has 0 amide bonds. The summed E-state index contributed by atoms with van der Waals surface area (Å²) < 4.78 is 10.8. The second kappa shape index (κ2) is 79.8. The van der Waals surface area contributed by atoms with Crippen molar-refractivity contribution in [2.75, 3.05) is 13.2 Å². The summed E-state index contributed by atoms with van der Waals surface area (Å²) in [6, 6.07) is 0. The minimum atomic E-state index is -0.775. The van der Waals surface area contributed by atoms with E-state index >= 15 is 0 Å². The number of rotatable bonds is 73. The Morgan fingerprint density at radius 2 is 0.478 bits per heavy atom. The third kappa shape index (κ3) is 77.0. The molecule has 0 aliphatic rings. The highest BCUT2D eigenvalue weighted by Crippen LogP contribution is 2.19. The number of carbonyl (C=O) groups is 2. The van der Waals surface area contributed by atoms with Gasteiger partial charge in [0.1, 0.15) is 6.61 Å². The fourth-order valence-electron chi connectivity index (χ4n) is 11.7. The lowest BCUT2D eigenvalue weighted by molar-refractivity contribution is -0.161. The van der Waals surface area contributed by atoms with Crippen LogP contribution in [0.15, 0.2) is 109 Å². The van der Waals surface area contributed by atoms with E-state index < -0.39 is 6.10 Å². The van der Waals surface area contributed by atoms with E-state index in [1.54, 1.807) is 0 Å². The first-order valence-corrected chi connectivity index (χ1v) is 39.4. The van der Waals surface area contributed by atoms with Crippen molar-refractivity contribution in [3.63, 3.8) is 0 Å². The first-order valence-electron chi connectivity index (χ1n) is 39.4. The number of hydrogen-bond donors (Lipinski definition) is 1. The lowest BCUT2D eigenvalue weighted by Crippen LogP contribution is -2.28. The van der Waals surface area contributed by atoms with E-state index in [2.05, 4.69) is 123 Å². The predicted molar refractivity (Wildman–Crippen MR) is 399 cm³/mol. The summed E-state index contributed by atoms with van der Waals surface area (Å²) in [4.78, 5) is 24.7. The van der Waals surface area contributed by atoms with Gasteiger partial charge in [0.25, 0.3) is 0 Å². The summed E-state index contributed by atoms with van der Waals surface area (Å²) in [6.45, 7) is 4.06. The van der Waals surface area contributed by atoms with Crippen molar-refractivity contribution in [2.24, 2.45) is 0 Å². The van der Waals surface area contributed by atoms with Crippen LogP contribution in [0.4, 0.5) is 0 Å². The van der Waals surface area contributed by atoms with Gasteiger partial charge in [0.05, 0.1) is 6.61 Å². The van der Waals surface area contributed by atoms with E-state index in [0.29, 0.717) is 12.8 Å². The Morgan fingerprint density at radius 3 is 0.722 bits per heavy atom. The average Bonchev–Trinajstić information content (AvgIpc) is 3.60. The second-order valence-corrected chi connectivity index (χ2v) is 26.4. The van der Waals surface area contributed by atoms with Crippen molar-refractivity contribution < 1.29 is 24.2 Å². The van der Waals surface area contributed by atoms with Gasteiger partial charge in [-0.3, -0.25) is 9.59 Å². The second-order valence-electron chi connectivity index (χ2n) is 26.4. The highest BCUT2D eigenvalue weighted by molar-refractivity contribution is 5.70. The van der Waals surface area contributed by atoms with Crippen LogP contribution in [0.3, 0.4) is 0 Å². The van der Waals surface area contributed by atoms with E-state index in [9.17, 15) is 14.7 Å². The Bertz CT molecular complexity index is 1710. The molecule has 0 aliphatic carbocycles. The molecule has 90 heavy (non-hydrogen) atoms. The fraction of sp³-hybridized carbons (Fsp3) is 0.765. The third-order valence-electron chi connectivity index (χ3n) is 17.6. The Labute approximate surface area is 561 Å². The molecule has 1 N–H and O–H groups in total. The molecule has 1 unspecified atom stereocenters. The summed E-state index contributed by atoms with van der Waals surface area (Å²) in [5.41, 5.74) is 0. The molecule has 0 bridgehead atoms. The first-order chi connectivity index (χ1) is 44.6. The zero-order valence-corrected chi connectivity index (χ0v) is 59.9. The van der Waals surface area contributed by atoms with Crippen LogP contribution in [-0.4, -0.2) is 36.4 Å². The summed E-state index contributed by atoms with van der Waals surface area (Å²) in [7, 11) is 0. The van der Waals surface area contributed by atoms with Gasteiger partial charge in [0, 0.05) is 12.8 Å². The van der Waals surface area contributed by atoms with Crippen molar-refractivity contribution in [3.05, 3.63) is 109 Å². The van der Waals surface area contributed by atoms with Gasteiger partial charge in [-0.15, -0.1) is 0 Å². The fourth-order valence-corrected chi connectivity index (χ4v) is 11.7. The van der Waals surface area contributed by atoms with Crippen molar-refractivity contribution in [3.8, 4) is 0 Å². The quantitative estimate of drug-likeness (QED) is 0.0373. The van der Waals surface area contributed by atoms with Gasteiger partial charge in [-0.2, -0.15) is 0 Å². The minimum absolute atomic E-state index is 0.0632. The molecular formula is C85H150O5. The van der Waals surface area contributed by atoms with Gasteiger partial charge in [-0.1, -0.05) is 393 Å². The topological polar surface area (TPSA) is 72.8 Å². The molecule has 0 spiro atoms. The molecule has 0 fully saturated rings. The van der Waals surface area contributed by atoms with Crippen LogP contribution in [-0.2, 0) is 19.1 Å². The molecule has 0 aromatic carbocycles. The van der Waals surface area contributed by atoms with E-state index in [1.807, 2.05) is 0 Å². The molecule has 0 aliphatic heterocycles. The Balaban J connectivity index is 3.42. The van der Waals surface area contributed by atoms with Gasteiger partial charge in [-0.05, 0) is 103 Å². The maximum absolute atomic E-state index is 12.4. The van der Waals surface area contributed by atoms with Crippen molar-refractivity contribution in [1.82, 2.24) is 0 Å². The summed E-state index contributed by atoms with van der Waals surface area (Å²) in [5, 5.41) is 9.73. The normalized spacial score (nSPS) is 12.8. The van der Waals surface area contributed by atoms with E-state index in [0.717, 1.165) is 89.9 Å². The molecular weight excluding hydrogens is 1100 g/mol. The molecule has 0 saturated heterocycles. The highest BCUT2D eigenvalue weighted by atomic mass is 16.6. The van der Waals surface area contributed by atoms with Crippen molar-refractivity contribution in [2.45, 2.75) is 405 Å². The molecule has 0 heterocycles. The van der Waals surface area contributed by atoms with Gasteiger partial charge in [-0.25, -0.2) is 0 Å². The molecule has 0 aromatic rings. The van der Waals surface area contributed by atoms with Gasteiger partial charge in [0.15, 0.2) is 6.10 Å². The number of unbranched alkanes of at least 4 members (excludes halogenated alkanes) is 47. The number of carbonyl (C=O) groups excluding carboxylic acids is 2. The van der Waals surface area contributed by atoms with E-state index in [-0.39, 0.29) is 25.2 Å². The zero-order valence-electron chi connectivity index (χ0n) is 59.9. The Morgan fingerprint density at radius 1 is 0.267 bits per heavy atom. The Hall–Kier alpha value is -3.44. The monoisotopic (exact) mass is 1250 g/mol. The molecule has 0 aromatic heterocycles. The average molecular weight is 1250 g/mol. The summed E-state index contributed by atoms with van der Waals surface area (Å²) in [5.74, 6) is -0.571. The van der Waals surface area contributed by atoms with E-state index in [4.69, 9.17) is 9.47 Å². The zero-order chi connectivity index (χ0) is 64.7. The van der Waals surface area contributed by atoms with Crippen LogP contribution >= 0.6 is 0 Å². The highest BCUT2D eigenvalue weighted by Gasteiger charge is 2.16. The maximum atomic E-state index is 12.4. The minimum Gasteiger partial charge on any atom is -0.462 e. The number of hydrogen-bond acceptors (Lipinski definition) is 5. The first kappa shape index (κ1) is 86.6. The number of esters is 2. The van der Waals surface area contributed by atoms with Gasteiger partial charge >= 0.3 is 11.9 Å². The predicted octanol–water partition coefficient (Wildman–Crippen LogP) is 27.9. The molecule has 1 atom stereocenters. The van der Waals surface area contributed by atoms with E-state index in [1.165, 1.54) is 283 Å². The van der Waals surface area contributed by atoms with Crippen LogP contribution in [0.2, 0.25) is 0 Å². The van der Waals surface area contributed by atoms with Gasteiger partial charge < -0.3 is 14.6 Å². The summed E-state index contributed by atoms with van der Waals surface area (Å²) >= 11 is 0. The number of aliphatic hydroxyl groups excluding tert-OH is 1. The number of aliphatic hydroxyl groups is 1. The molecule has 0 rings (SSSR count). The largest absolute Gasteiger partial charge is 0.462 e. The molecule has 520 valence electrons. The van der Waals surface area contributed by atoms with Crippen LogP contribution in [0.1, 0.15) is 399 Å². The van der Waals surface area contributed by atoms with Crippen molar-refractivity contribution in [1.29, 1.82) is 0 Å². The maximum Gasteiger partial charge on any atom is 0.306 e. The third-order valence-corrected chi connectivity index (χ3v) is 17.6. The van der Waals surface area contributed by atoms with Crippen LogP contribution in [0.5, 0.6) is 0 Å². The lowest BCUT2D eigenvalue weighted by atomic mass is 10.0. The van der Waals surface area contributed by atoms with Crippen LogP contribution in [0.25, 0.3) is 0 Å². The van der Waals surface area contributed by atoms with Crippen molar-refractivity contribution >= 4 is 11.9 Å². The van der Waals surface area contributed by atoms with Crippen LogP contribution < -0.4 is 0 Å². The molecule has 5 heteroatoms. The molecule has 5 nitrogen and oxygen atoms in total. The smallest absolute Gasteiger partial charge is 0.306 e. The van der Waals surface area contributed by atoms with Gasteiger partial charge in [0.2, 0.25) is 0 Å². The number of allylic oxidation sites excluding steroid dienone is 18. The summed E-state index contributed by atoms with van der Waals surface area (Å²) in [6.07, 6.45) is 116. The standard InChI is InChI=1S/C85H150O5/c1-3-5-7-9-11-13-15-17-19-21-23-25-27-29-31-33-35-37-39-40-41-42-43-44-46-48-50-52-54-56-58-60-62-64-66-68-70-72-74-76-78-80-85(88)90-83(81-86)82-89-84(87)79-77-75-73-71-69-67-65-63-61-59-57-55-53-51-49-47-45-38-36-34-32-30-28-26-24-22-20-18-16-14-12-10-8-6-4-2/h5,7,11,13,16-19,22-25,29,31,35,37,40-41,83,86H,3-4,6,8-10,12,14-15,20-21,26-28,30,32-34,36,38-39,42-82H2,1-2H3/b7-5-,13-11-,18-16-,19-17-,24-22-,25-23-,31-29-,37-35-,41-40-.